The molecule has 0 fully saturated rings. The molecule has 0 unspecified atom stereocenters. The van der Waals surface area contributed by atoms with Gasteiger partial charge in [0.05, 0.1) is 5.52 Å². The molecule has 0 saturated carbocycles. The van der Waals surface area contributed by atoms with E-state index < -0.39 is 0 Å². The van der Waals surface area contributed by atoms with Crippen LogP contribution in [0.2, 0.25) is 0 Å². The van der Waals surface area contributed by atoms with Crippen molar-refractivity contribution >= 4 is 39.3 Å². The first-order chi connectivity index (χ1) is 8.65. The molecule has 0 bridgehead atoms. The van der Waals surface area contributed by atoms with Crippen molar-refractivity contribution in [2.75, 3.05) is 0 Å². The summed E-state index contributed by atoms with van der Waals surface area (Å²) in [6.45, 7) is 2.06. The van der Waals surface area contributed by atoms with Crippen LogP contribution in [0.1, 0.15) is 5.56 Å². The van der Waals surface area contributed by atoms with Gasteiger partial charge < -0.3 is 4.98 Å². The lowest BCUT2D eigenvalue weighted by molar-refractivity contribution is 1.04. The number of benzene rings is 1. The number of imidazole rings is 1. The number of halogens is 1. The lowest BCUT2D eigenvalue weighted by Gasteiger charge is -2.04. The predicted octanol–water partition coefficient (Wildman–Crippen LogP) is 4.15. The maximum atomic E-state index is 5.36. The van der Waals surface area contributed by atoms with Gasteiger partial charge in [0.2, 0.25) is 0 Å². The third-order valence-corrected chi connectivity index (χ3v) is 3.50. The van der Waals surface area contributed by atoms with Gasteiger partial charge in [-0.15, -0.1) is 0 Å². The first-order valence-electron chi connectivity index (χ1n) is 5.48. The lowest BCUT2D eigenvalue weighted by Crippen LogP contribution is -1.95. The van der Waals surface area contributed by atoms with Crippen molar-refractivity contribution in [2.45, 2.75) is 6.92 Å². The van der Waals surface area contributed by atoms with Crippen LogP contribution >= 0.6 is 28.1 Å². The molecule has 90 valence electrons. The highest BCUT2D eigenvalue weighted by Gasteiger charge is 2.07. The third-order valence-electron chi connectivity index (χ3n) is 2.78. The standard InChI is InChI=1S/C13H10BrN3S/c1-8-2-4-10(5-3-8)17-12-11(16-13(17)18)6-9(14)7-15-12/h2-7H,1H3,(H,16,18). The van der Waals surface area contributed by atoms with E-state index in [1.165, 1.54) is 5.56 Å². The SMILES string of the molecule is Cc1ccc(-n2c(=S)[nH]c3cc(Br)cnc32)cc1. The van der Waals surface area contributed by atoms with E-state index in [9.17, 15) is 0 Å². The van der Waals surface area contributed by atoms with Gasteiger partial charge in [-0.2, -0.15) is 0 Å². The Morgan fingerprint density at radius 3 is 2.72 bits per heavy atom. The fourth-order valence-electron chi connectivity index (χ4n) is 1.90. The summed E-state index contributed by atoms with van der Waals surface area (Å²) in [6.07, 6.45) is 1.77. The number of pyridine rings is 1. The van der Waals surface area contributed by atoms with Crippen LogP contribution < -0.4 is 0 Å². The van der Waals surface area contributed by atoms with E-state index in [2.05, 4.69) is 45.0 Å². The Kier molecular flexibility index (Phi) is 2.80. The number of nitrogens with zero attached hydrogens (tertiary/aromatic N) is 2. The van der Waals surface area contributed by atoms with E-state index >= 15 is 0 Å². The van der Waals surface area contributed by atoms with E-state index in [-0.39, 0.29) is 0 Å². The van der Waals surface area contributed by atoms with Crippen LogP contribution in [0, 0.1) is 11.7 Å². The van der Waals surface area contributed by atoms with Gasteiger partial charge in [-0.25, -0.2) is 4.98 Å². The molecule has 2 aromatic heterocycles. The van der Waals surface area contributed by atoms with E-state index in [0.717, 1.165) is 21.3 Å². The molecule has 0 radical (unpaired) electrons. The minimum absolute atomic E-state index is 0.652. The molecule has 1 aromatic carbocycles. The normalized spacial score (nSPS) is 11.0. The molecular weight excluding hydrogens is 310 g/mol. The largest absolute Gasteiger partial charge is 0.329 e. The zero-order valence-electron chi connectivity index (χ0n) is 9.64. The molecule has 0 atom stereocenters. The van der Waals surface area contributed by atoms with Gasteiger partial charge in [0, 0.05) is 16.4 Å². The average Bonchev–Trinajstić information content (AvgIpc) is 2.65. The van der Waals surface area contributed by atoms with Crippen molar-refractivity contribution < 1.29 is 0 Å². The Labute approximate surface area is 118 Å². The summed E-state index contributed by atoms with van der Waals surface area (Å²) in [5.41, 5.74) is 4.01. The Morgan fingerprint density at radius 2 is 2.00 bits per heavy atom. The molecule has 18 heavy (non-hydrogen) atoms. The van der Waals surface area contributed by atoms with Gasteiger partial charge in [0.25, 0.3) is 0 Å². The summed E-state index contributed by atoms with van der Waals surface area (Å²) in [5, 5.41) is 0. The van der Waals surface area contributed by atoms with Crippen LogP contribution in [0.4, 0.5) is 0 Å². The van der Waals surface area contributed by atoms with E-state index in [1.54, 1.807) is 6.20 Å². The summed E-state index contributed by atoms with van der Waals surface area (Å²) >= 11 is 8.77. The van der Waals surface area contributed by atoms with Crippen LogP contribution in [-0.2, 0) is 0 Å². The number of aryl methyl sites for hydroxylation is 1. The van der Waals surface area contributed by atoms with Crippen LogP contribution in [0.15, 0.2) is 41.0 Å². The Bertz CT molecular complexity index is 771. The number of nitrogens with one attached hydrogen (secondary N) is 1. The molecule has 0 amide bonds. The number of aromatic amines is 1. The van der Waals surface area contributed by atoms with Crippen molar-refractivity contribution in [3.63, 3.8) is 0 Å². The summed E-state index contributed by atoms with van der Waals surface area (Å²) in [5.74, 6) is 0. The van der Waals surface area contributed by atoms with Crippen molar-refractivity contribution in [2.24, 2.45) is 0 Å². The molecule has 3 aromatic rings. The summed E-state index contributed by atoms with van der Waals surface area (Å²) in [6, 6.07) is 10.2. The maximum Gasteiger partial charge on any atom is 0.183 e. The molecule has 0 aliphatic carbocycles. The van der Waals surface area contributed by atoms with Gasteiger partial charge >= 0.3 is 0 Å². The summed E-state index contributed by atoms with van der Waals surface area (Å²) in [7, 11) is 0. The molecule has 0 aliphatic rings. The molecule has 1 N–H and O–H groups in total. The molecular formula is C13H10BrN3S. The second kappa shape index (κ2) is 4.33. The van der Waals surface area contributed by atoms with Crippen molar-refractivity contribution in [1.29, 1.82) is 0 Å². The monoisotopic (exact) mass is 319 g/mol. The third kappa shape index (κ3) is 1.89. The zero-order valence-corrected chi connectivity index (χ0v) is 12.0. The number of aromatic nitrogens is 3. The van der Waals surface area contributed by atoms with Crippen LogP contribution in [0.25, 0.3) is 16.9 Å². The van der Waals surface area contributed by atoms with Crippen LogP contribution in [0.5, 0.6) is 0 Å². The molecule has 3 rings (SSSR count). The quantitative estimate of drug-likeness (QED) is 0.683. The number of hydrogen-bond donors (Lipinski definition) is 1. The number of H-pyrrole nitrogens is 1. The molecule has 3 nitrogen and oxygen atoms in total. The van der Waals surface area contributed by atoms with Gasteiger partial charge in [-0.1, -0.05) is 17.7 Å². The lowest BCUT2D eigenvalue weighted by atomic mass is 10.2. The fourth-order valence-corrected chi connectivity index (χ4v) is 2.54. The molecule has 0 saturated heterocycles. The maximum absolute atomic E-state index is 5.36. The minimum Gasteiger partial charge on any atom is -0.329 e. The Balaban J connectivity index is 2.32. The van der Waals surface area contributed by atoms with Crippen molar-refractivity contribution in [1.82, 2.24) is 14.5 Å². The van der Waals surface area contributed by atoms with Gasteiger partial charge in [-0.05, 0) is 53.3 Å². The first kappa shape index (κ1) is 11.6. The Hall–Kier alpha value is -1.46. The summed E-state index contributed by atoms with van der Waals surface area (Å²) < 4.78 is 3.53. The number of rotatable bonds is 1. The van der Waals surface area contributed by atoms with Crippen molar-refractivity contribution in [3.05, 3.63) is 51.3 Å². The van der Waals surface area contributed by atoms with E-state index in [0.29, 0.717) is 4.77 Å². The highest BCUT2D eigenvalue weighted by molar-refractivity contribution is 9.10. The molecule has 2 heterocycles. The highest BCUT2D eigenvalue weighted by atomic mass is 79.9. The van der Waals surface area contributed by atoms with Crippen LogP contribution in [0.3, 0.4) is 0 Å². The highest BCUT2D eigenvalue weighted by Crippen LogP contribution is 2.20. The van der Waals surface area contributed by atoms with Gasteiger partial charge in [0.15, 0.2) is 10.4 Å². The fraction of sp³-hybridized carbons (Fsp3) is 0.0769. The summed E-state index contributed by atoms with van der Waals surface area (Å²) in [4.78, 5) is 7.58. The number of fused-ring (bicyclic) bond motifs is 1. The smallest absolute Gasteiger partial charge is 0.183 e. The van der Waals surface area contributed by atoms with Gasteiger partial charge in [0.1, 0.15) is 0 Å². The molecule has 5 heteroatoms. The van der Waals surface area contributed by atoms with Crippen molar-refractivity contribution in [3.8, 4) is 5.69 Å². The molecule has 0 spiro atoms. The second-order valence-electron chi connectivity index (χ2n) is 4.13. The second-order valence-corrected chi connectivity index (χ2v) is 5.43. The van der Waals surface area contributed by atoms with E-state index in [4.69, 9.17) is 12.2 Å². The Morgan fingerprint density at radius 1 is 1.28 bits per heavy atom. The average molecular weight is 320 g/mol. The minimum atomic E-state index is 0.652. The van der Waals surface area contributed by atoms with Gasteiger partial charge in [-0.3, -0.25) is 4.57 Å². The predicted molar refractivity (Wildman–Crippen MR) is 78.7 cm³/mol. The number of hydrogen-bond acceptors (Lipinski definition) is 2. The molecule has 0 aliphatic heterocycles. The zero-order chi connectivity index (χ0) is 12.7. The first-order valence-corrected chi connectivity index (χ1v) is 6.68. The van der Waals surface area contributed by atoms with E-state index in [1.807, 2.05) is 22.8 Å². The topological polar surface area (TPSA) is 33.6 Å². The van der Waals surface area contributed by atoms with Crippen LogP contribution in [-0.4, -0.2) is 14.5 Å².